The van der Waals surface area contributed by atoms with Crippen LogP contribution in [0, 0.1) is 0 Å². The van der Waals surface area contributed by atoms with E-state index in [1.54, 1.807) is 6.07 Å². The van der Waals surface area contributed by atoms with Crippen LogP contribution in [0.15, 0.2) is 6.07 Å². The normalized spacial score (nSPS) is 19.8. The van der Waals surface area contributed by atoms with E-state index in [-0.39, 0.29) is 12.5 Å². The predicted molar refractivity (Wildman–Crippen MR) is 82.8 cm³/mol. The Bertz CT molecular complexity index is 645. The van der Waals surface area contributed by atoms with Gasteiger partial charge in [0.1, 0.15) is 12.1 Å². The molecule has 3 N–H and O–H groups in total. The van der Waals surface area contributed by atoms with Crippen LogP contribution in [-0.2, 0) is 9.59 Å². The Morgan fingerprint density at radius 1 is 1.39 bits per heavy atom. The first-order chi connectivity index (χ1) is 11.0. The van der Waals surface area contributed by atoms with Crippen molar-refractivity contribution in [3.05, 3.63) is 11.8 Å². The van der Waals surface area contributed by atoms with Crippen LogP contribution in [0.1, 0.15) is 51.1 Å². The third-order valence-electron chi connectivity index (χ3n) is 4.64. The lowest BCUT2D eigenvalue weighted by Crippen LogP contribution is -2.46. The average molecular weight is 319 g/mol. The number of aromatic nitrogens is 2. The number of imide groups is 1. The Morgan fingerprint density at radius 3 is 2.65 bits per heavy atom. The molecular weight excluding hydrogens is 298 g/mol. The first-order valence-electron chi connectivity index (χ1n) is 7.98. The first kappa shape index (κ1) is 15.5. The van der Waals surface area contributed by atoms with Crippen molar-refractivity contribution in [3.8, 4) is 0 Å². The summed E-state index contributed by atoms with van der Waals surface area (Å²) < 4.78 is 0. The Morgan fingerprint density at radius 2 is 2.09 bits per heavy atom. The number of H-pyrrole nitrogens is 1. The number of anilines is 1. The van der Waals surface area contributed by atoms with Crippen LogP contribution in [0.3, 0.4) is 0 Å². The van der Waals surface area contributed by atoms with E-state index in [4.69, 9.17) is 0 Å². The lowest BCUT2D eigenvalue weighted by atomic mass is 9.93. The molecule has 0 bridgehead atoms. The van der Waals surface area contributed by atoms with Crippen molar-refractivity contribution in [2.24, 2.45) is 0 Å². The number of nitrogens with zero attached hydrogens (tertiary/aromatic N) is 2. The number of amides is 4. The Kier molecular flexibility index (Phi) is 3.83. The number of carbonyl (C=O) groups is 3. The lowest BCUT2D eigenvalue weighted by Gasteiger charge is -2.22. The monoisotopic (exact) mass is 319 g/mol. The maximum absolute atomic E-state index is 12.4. The fraction of sp³-hybridized carbons (Fsp3) is 0.600. The molecule has 8 heteroatoms. The van der Waals surface area contributed by atoms with Gasteiger partial charge in [-0.05, 0) is 25.7 Å². The van der Waals surface area contributed by atoms with Gasteiger partial charge >= 0.3 is 6.03 Å². The number of rotatable bonds is 6. The van der Waals surface area contributed by atoms with Crippen LogP contribution in [0.5, 0.6) is 0 Å². The molecule has 1 saturated carbocycles. The van der Waals surface area contributed by atoms with Crippen LogP contribution in [0.2, 0.25) is 0 Å². The quantitative estimate of drug-likeness (QED) is 0.688. The molecule has 2 aliphatic rings. The largest absolute Gasteiger partial charge is 0.325 e. The molecule has 4 amide bonds. The van der Waals surface area contributed by atoms with Crippen molar-refractivity contribution in [2.75, 3.05) is 11.9 Å². The SMILES string of the molecule is CCC1(CC)NC(=O)N(CC(=O)Nc2cc(C3CC3)[nH]n2)C1=O. The van der Waals surface area contributed by atoms with Gasteiger partial charge in [0.05, 0.1) is 0 Å². The average Bonchev–Trinajstić information content (AvgIpc) is 3.24. The van der Waals surface area contributed by atoms with Crippen molar-refractivity contribution in [3.63, 3.8) is 0 Å². The molecule has 1 saturated heterocycles. The number of carbonyl (C=O) groups excluding carboxylic acids is 3. The minimum atomic E-state index is -0.886. The van der Waals surface area contributed by atoms with Gasteiger partial charge in [0, 0.05) is 17.7 Å². The van der Waals surface area contributed by atoms with E-state index in [9.17, 15) is 14.4 Å². The van der Waals surface area contributed by atoms with Gasteiger partial charge in [-0.15, -0.1) is 0 Å². The van der Waals surface area contributed by atoms with E-state index >= 15 is 0 Å². The molecule has 1 aliphatic heterocycles. The van der Waals surface area contributed by atoms with Crippen LogP contribution in [-0.4, -0.2) is 45.0 Å². The molecule has 2 heterocycles. The lowest BCUT2D eigenvalue weighted by molar-refractivity contribution is -0.134. The van der Waals surface area contributed by atoms with E-state index < -0.39 is 17.5 Å². The minimum absolute atomic E-state index is 0.308. The summed E-state index contributed by atoms with van der Waals surface area (Å²) in [6.45, 7) is 3.38. The third kappa shape index (κ3) is 2.80. The van der Waals surface area contributed by atoms with Gasteiger partial charge in [-0.2, -0.15) is 5.10 Å². The zero-order valence-electron chi connectivity index (χ0n) is 13.3. The summed E-state index contributed by atoms with van der Waals surface area (Å²) in [6.07, 6.45) is 3.26. The van der Waals surface area contributed by atoms with E-state index in [0.717, 1.165) is 23.4 Å². The molecule has 23 heavy (non-hydrogen) atoms. The van der Waals surface area contributed by atoms with Crippen LogP contribution in [0.4, 0.5) is 10.6 Å². The molecular formula is C15H21N5O3. The molecule has 1 aromatic rings. The van der Waals surface area contributed by atoms with Gasteiger partial charge in [0.15, 0.2) is 5.82 Å². The number of nitrogens with one attached hydrogen (secondary N) is 3. The van der Waals surface area contributed by atoms with Crippen molar-refractivity contribution >= 4 is 23.7 Å². The Labute approximate surface area is 134 Å². The molecule has 0 unspecified atom stereocenters. The maximum atomic E-state index is 12.4. The van der Waals surface area contributed by atoms with Gasteiger partial charge in [0.2, 0.25) is 5.91 Å². The number of hydrogen-bond acceptors (Lipinski definition) is 4. The molecule has 1 aromatic heterocycles. The topological polar surface area (TPSA) is 107 Å². The molecule has 1 aliphatic carbocycles. The first-order valence-corrected chi connectivity index (χ1v) is 7.98. The molecule has 0 atom stereocenters. The van der Waals surface area contributed by atoms with Crippen LogP contribution in [0.25, 0.3) is 0 Å². The van der Waals surface area contributed by atoms with E-state index in [2.05, 4.69) is 20.8 Å². The van der Waals surface area contributed by atoms with Crippen molar-refractivity contribution in [1.29, 1.82) is 0 Å². The van der Waals surface area contributed by atoms with Crippen LogP contribution < -0.4 is 10.6 Å². The third-order valence-corrected chi connectivity index (χ3v) is 4.64. The zero-order valence-corrected chi connectivity index (χ0v) is 13.3. The zero-order chi connectivity index (χ0) is 16.6. The molecule has 0 radical (unpaired) electrons. The predicted octanol–water partition coefficient (Wildman–Crippen LogP) is 1.34. The summed E-state index contributed by atoms with van der Waals surface area (Å²) in [5.41, 5.74) is 0.120. The highest BCUT2D eigenvalue weighted by Gasteiger charge is 2.49. The van der Waals surface area contributed by atoms with Gasteiger partial charge in [0.25, 0.3) is 5.91 Å². The minimum Gasteiger partial charge on any atom is -0.323 e. The van der Waals surface area contributed by atoms with Crippen molar-refractivity contribution in [2.45, 2.75) is 51.0 Å². The standard InChI is InChI=1S/C15H21N5O3/c1-3-15(4-2)13(22)20(14(23)17-15)8-12(21)16-11-7-10(18-19-11)9-5-6-9/h7,9H,3-6,8H2,1-2H3,(H,17,23)(H2,16,18,19,21). The van der Waals surface area contributed by atoms with Crippen molar-refractivity contribution < 1.29 is 14.4 Å². The summed E-state index contributed by atoms with van der Waals surface area (Å²) in [6, 6.07) is 1.28. The number of urea groups is 1. The summed E-state index contributed by atoms with van der Waals surface area (Å²) in [5, 5.41) is 12.2. The van der Waals surface area contributed by atoms with E-state index in [0.29, 0.717) is 24.6 Å². The van der Waals surface area contributed by atoms with E-state index in [1.165, 1.54) is 0 Å². The molecule has 124 valence electrons. The summed E-state index contributed by atoms with van der Waals surface area (Å²) in [5.74, 6) is 0.142. The molecule has 8 nitrogen and oxygen atoms in total. The second-order valence-corrected chi connectivity index (χ2v) is 6.14. The highest BCUT2D eigenvalue weighted by molar-refractivity contribution is 6.10. The van der Waals surface area contributed by atoms with Crippen LogP contribution >= 0.6 is 0 Å². The van der Waals surface area contributed by atoms with E-state index in [1.807, 2.05) is 13.8 Å². The molecule has 2 fully saturated rings. The van der Waals surface area contributed by atoms with Gasteiger partial charge in [-0.25, -0.2) is 4.79 Å². The summed E-state index contributed by atoms with van der Waals surface area (Å²) in [7, 11) is 0. The number of aromatic amines is 1. The Hall–Kier alpha value is -2.38. The second-order valence-electron chi connectivity index (χ2n) is 6.14. The highest BCUT2D eigenvalue weighted by Crippen LogP contribution is 2.39. The summed E-state index contributed by atoms with van der Waals surface area (Å²) in [4.78, 5) is 37.5. The summed E-state index contributed by atoms with van der Waals surface area (Å²) >= 11 is 0. The molecule has 0 spiro atoms. The van der Waals surface area contributed by atoms with Gasteiger partial charge in [-0.3, -0.25) is 19.6 Å². The fourth-order valence-corrected chi connectivity index (χ4v) is 2.88. The Balaban J connectivity index is 1.62. The number of hydrogen-bond donors (Lipinski definition) is 3. The highest BCUT2D eigenvalue weighted by atomic mass is 16.2. The smallest absolute Gasteiger partial charge is 0.323 e. The van der Waals surface area contributed by atoms with Crippen molar-refractivity contribution in [1.82, 2.24) is 20.4 Å². The maximum Gasteiger partial charge on any atom is 0.325 e. The fourth-order valence-electron chi connectivity index (χ4n) is 2.88. The molecule has 3 rings (SSSR count). The molecule has 0 aromatic carbocycles. The van der Waals surface area contributed by atoms with Gasteiger partial charge in [-0.1, -0.05) is 13.8 Å². The van der Waals surface area contributed by atoms with Gasteiger partial charge < -0.3 is 10.6 Å². The second kappa shape index (κ2) is 5.68.